The Bertz CT molecular complexity index is 433. The Morgan fingerprint density at radius 1 is 1.37 bits per heavy atom. The van der Waals surface area contributed by atoms with E-state index in [1.54, 1.807) is 0 Å². The average Bonchev–Trinajstić information content (AvgIpc) is 2.42. The number of hydrogen-bond acceptors (Lipinski definition) is 2. The van der Waals surface area contributed by atoms with Gasteiger partial charge in [-0.3, -0.25) is 4.79 Å². The largest absolute Gasteiger partial charge is 0.316 e. The standard InChI is InChI=1S/C16H22INO/c1-16(2,13-4-3-9-18-11-13)15(19)10-12-5-7-14(17)8-6-12/h5-8,13,18H,3-4,9-11H2,1-2H3. The highest BCUT2D eigenvalue weighted by molar-refractivity contribution is 14.1. The van der Waals surface area contributed by atoms with Gasteiger partial charge in [-0.1, -0.05) is 26.0 Å². The first kappa shape index (κ1) is 15.0. The van der Waals surface area contributed by atoms with Gasteiger partial charge in [0, 0.05) is 15.4 Å². The van der Waals surface area contributed by atoms with Crippen molar-refractivity contribution in [3.05, 3.63) is 33.4 Å². The molecule has 0 bridgehead atoms. The van der Waals surface area contributed by atoms with Crippen LogP contribution in [0, 0.1) is 14.9 Å². The van der Waals surface area contributed by atoms with Crippen molar-refractivity contribution in [1.29, 1.82) is 0 Å². The highest BCUT2D eigenvalue weighted by Crippen LogP contribution is 2.33. The summed E-state index contributed by atoms with van der Waals surface area (Å²) in [6.45, 7) is 6.29. The van der Waals surface area contributed by atoms with Crippen LogP contribution in [0.25, 0.3) is 0 Å². The van der Waals surface area contributed by atoms with Crippen molar-refractivity contribution in [2.75, 3.05) is 13.1 Å². The maximum Gasteiger partial charge on any atom is 0.143 e. The van der Waals surface area contributed by atoms with E-state index in [-0.39, 0.29) is 5.41 Å². The van der Waals surface area contributed by atoms with E-state index in [9.17, 15) is 4.79 Å². The van der Waals surface area contributed by atoms with Gasteiger partial charge in [0.25, 0.3) is 0 Å². The molecule has 1 aliphatic rings. The van der Waals surface area contributed by atoms with Crippen LogP contribution in [0.5, 0.6) is 0 Å². The molecule has 0 spiro atoms. The predicted molar refractivity (Wildman–Crippen MR) is 87.2 cm³/mol. The van der Waals surface area contributed by atoms with E-state index in [1.807, 2.05) is 0 Å². The third-order valence-electron chi connectivity index (χ3n) is 4.31. The lowest BCUT2D eigenvalue weighted by Gasteiger charge is -2.36. The van der Waals surface area contributed by atoms with Crippen LogP contribution in [0.4, 0.5) is 0 Å². The maximum atomic E-state index is 12.6. The van der Waals surface area contributed by atoms with Crippen molar-refractivity contribution >= 4 is 28.4 Å². The molecule has 1 aromatic rings. The third kappa shape index (κ3) is 3.78. The fourth-order valence-corrected chi connectivity index (χ4v) is 3.07. The average molecular weight is 371 g/mol. The lowest BCUT2D eigenvalue weighted by atomic mass is 9.71. The van der Waals surface area contributed by atoms with Crippen LogP contribution in [0.1, 0.15) is 32.3 Å². The zero-order chi connectivity index (χ0) is 13.9. The van der Waals surface area contributed by atoms with Crippen LogP contribution in [0.2, 0.25) is 0 Å². The molecule has 1 fully saturated rings. The second-order valence-electron chi connectivity index (χ2n) is 5.99. The highest BCUT2D eigenvalue weighted by Gasteiger charge is 2.36. The topological polar surface area (TPSA) is 29.1 Å². The SMILES string of the molecule is CC(C)(C(=O)Cc1ccc(I)cc1)C1CCCNC1. The molecule has 1 N–H and O–H groups in total. The third-order valence-corrected chi connectivity index (χ3v) is 5.03. The molecule has 0 saturated carbocycles. The van der Waals surface area contributed by atoms with Gasteiger partial charge in [-0.15, -0.1) is 0 Å². The number of carbonyl (C=O) groups is 1. The van der Waals surface area contributed by atoms with Crippen LogP contribution < -0.4 is 5.32 Å². The van der Waals surface area contributed by atoms with E-state index in [4.69, 9.17) is 0 Å². The van der Waals surface area contributed by atoms with Gasteiger partial charge in [0.15, 0.2) is 0 Å². The smallest absolute Gasteiger partial charge is 0.143 e. The van der Waals surface area contributed by atoms with Gasteiger partial charge in [0.05, 0.1) is 0 Å². The predicted octanol–water partition coefficient (Wildman–Crippen LogP) is 3.43. The second-order valence-corrected chi connectivity index (χ2v) is 7.24. The summed E-state index contributed by atoms with van der Waals surface area (Å²) in [4.78, 5) is 12.6. The molecule has 0 aliphatic carbocycles. The van der Waals surface area contributed by atoms with Crippen molar-refractivity contribution in [2.24, 2.45) is 11.3 Å². The lowest BCUT2D eigenvalue weighted by Crippen LogP contribution is -2.43. The Morgan fingerprint density at radius 3 is 2.63 bits per heavy atom. The molecule has 19 heavy (non-hydrogen) atoms. The molecular formula is C16H22INO. The van der Waals surface area contributed by atoms with Crippen molar-refractivity contribution in [3.8, 4) is 0 Å². The van der Waals surface area contributed by atoms with Gasteiger partial charge in [-0.25, -0.2) is 0 Å². The van der Waals surface area contributed by atoms with Gasteiger partial charge in [0.1, 0.15) is 5.78 Å². The summed E-state index contributed by atoms with van der Waals surface area (Å²) < 4.78 is 1.21. The van der Waals surface area contributed by atoms with Gasteiger partial charge in [0.2, 0.25) is 0 Å². The minimum atomic E-state index is -0.226. The van der Waals surface area contributed by atoms with E-state index in [0.29, 0.717) is 18.1 Å². The van der Waals surface area contributed by atoms with E-state index in [2.05, 4.69) is 66.0 Å². The van der Waals surface area contributed by atoms with Gasteiger partial charge < -0.3 is 5.32 Å². The number of nitrogens with one attached hydrogen (secondary N) is 1. The van der Waals surface area contributed by atoms with Crippen molar-refractivity contribution < 1.29 is 4.79 Å². The number of benzene rings is 1. The number of hydrogen-bond donors (Lipinski definition) is 1. The van der Waals surface area contributed by atoms with Crippen LogP contribution in [0.3, 0.4) is 0 Å². The Morgan fingerprint density at radius 2 is 2.05 bits per heavy atom. The Hall–Kier alpha value is -0.420. The monoisotopic (exact) mass is 371 g/mol. The first-order chi connectivity index (χ1) is 9.00. The molecule has 0 amide bonds. The summed E-state index contributed by atoms with van der Waals surface area (Å²) in [5.41, 5.74) is 0.901. The van der Waals surface area contributed by atoms with Crippen LogP contribution in [0.15, 0.2) is 24.3 Å². The fourth-order valence-electron chi connectivity index (χ4n) is 2.71. The van der Waals surface area contributed by atoms with Crippen LogP contribution in [-0.2, 0) is 11.2 Å². The highest BCUT2D eigenvalue weighted by atomic mass is 127. The first-order valence-electron chi connectivity index (χ1n) is 6.98. The summed E-state index contributed by atoms with van der Waals surface area (Å²) >= 11 is 2.29. The van der Waals surface area contributed by atoms with E-state index in [0.717, 1.165) is 18.7 Å². The van der Waals surface area contributed by atoms with Gasteiger partial charge >= 0.3 is 0 Å². The van der Waals surface area contributed by atoms with Gasteiger partial charge in [-0.2, -0.15) is 0 Å². The summed E-state index contributed by atoms with van der Waals surface area (Å²) in [5, 5.41) is 3.41. The van der Waals surface area contributed by atoms with Gasteiger partial charge in [-0.05, 0) is 72.1 Å². The number of piperidine rings is 1. The molecule has 1 aliphatic heterocycles. The molecule has 1 saturated heterocycles. The molecule has 1 unspecified atom stereocenters. The molecule has 1 heterocycles. The van der Waals surface area contributed by atoms with E-state index in [1.165, 1.54) is 16.4 Å². The molecule has 2 rings (SSSR count). The number of rotatable bonds is 4. The quantitative estimate of drug-likeness (QED) is 0.822. The lowest BCUT2D eigenvalue weighted by molar-refractivity contribution is -0.129. The molecule has 0 radical (unpaired) electrons. The molecule has 2 nitrogen and oxygen atoms in total. The first-order valence-corrected chi connectivity index (χ1v) is 8.06. The second kappa shape index (κ2) is 6.35. The van der Waals surface area contributed by atoms with E-state index >= 15 is 0 Å². The fraction of sp³-hybridized carbons (Fsp3) is 0.562. The minimum Gasteiger partial charge on any atom is -0.316 e. The van der Waals surface area contributed by atoms with Crippen molar-refractivity contribution in [1.82, 2.24) is 5.32 Å². The minimum absolute atomic E-state index is 0.226. The molecule has 1 atom stereocenters. The summed E-state index contributed by atoms with van der Waals surface area (Å²) in [6.07, 6.45) is 2.91. The maximum absolute atomic E-state index is 12.6. The Kier molecular flexibility index (Phi) is 5.01. The molecule has 0 aromatic heterocycles. The van der Waals surface area contributed by atoms with Crippen LogP contribution >= 0.6 is 22.6 Å². The summed E-state index contributed by atoms with van der Waals surface area (Å²) in [7, 11) is 0. The van der Waals surface area contributed by atoms with Crippen LogP contribution in [-0.4, -0.2) is 18.9 Å². The summed E-state index contributed by atoms with van der Waals surface area (Å²) in [5.74, 6) is 0.833. The van der Waals surface area contributed by atoms with Crippen molar-refractivity contribution in [2.45, 2.75) is 33.1 Å². The molecule has 104 valence electrons. The van der Waals surface area contributed by atoms with E-state index < -0.39 is 0 Å². The molecule has 3 heteroatoms. The Balaban J connectivity index is 2.03. The molecular weight excluding hydrogens is 349 g/mol. The zero-order valence-electron chi connectivity index (χ0n) is 11.7. The zero-order valence-corrected chi connectivity index (χ0v) is 13.9. The number of ketones is 1. The number of halogens is 1. The molecule has 1 aromatic carbocycles. The number of carbonyl (C=O) groups excluding carboxylic acids is 1. The van der Waals surface area contributed by atoms with Crippen molar-refractivity contribution in [3.63, 3.8) is 0 Å². The normalized spacial score (nSPS) is 20.3. The summed E-state index contributed by atoms with van der Waals surface area (Å²) in [6, 6.07) is 8.26. The number of Topliss-reactive ketones (excluding diaryl/α,β-unsaturated/α-hetero) is 1. The Labute approximate surface area is 129 Å².